The summed E-state index contributed by atoms with van der Waals surface area (Å²) >= 11 is 0. The van der Waals surface area contributed by atoms with Crippen molar-refractivity contribution in [3.05, 3.63) is 70.8 Å². The molecule has 2 aliphatic rings. The maximum atomic E-state index is 14.0. The van der Waals surface area contributed by atoms with Crippen LogP contribution in [-0.4, -0.2) is 121 Å². The second-order valence-corrected chi connectivity index (χ2v) is 19.5. The number of amides is 3. The Bertz CT molecular complexity index is 2250. The van der Waals surface area contributed by atoms with E-state index < -0.39 is 0 Å². The summed E-state index contributed by atoms with van der Waals surface area (Å²) in [6.45, 7) is 4.58. The van der Waals surface area contributed by atoms with E-state index in [0.29, 0.717) is 144 Å². The maximum absolute atomic E-state index is 14.0. The van der Waals surface area contributed by atoms with Gasteiger partial charge in [-0.05, 0) is 185 Å². The van der Waals surface area contributed by atoms with Gasteiger partial charge in [0.15, 0.2) is 6.29 Å². The van der Waals surface area contributed by atoms with Crippen molar-refractivity contribution in [1.82, 2.24) is 16.0 Å². The number of ether oxygens (including phenoxy) is 6. The van der Waals surface area contributed by atoms with E-state index in [2.05, 4.69) is 16.0 Å². The van der Waals surface area contributed by atoms with Gasteiger partial charge in [-0.2, -0.15) is 0 Å². The highest BCUT2D eigenvalue weighted by atomic mass is 16.5. The predicted octanol–water partition coefficient (Wildman–Crippen LogP) is 6.94. The smallest absolute Gasteiger partial charge is 0.255 e. The van der Waals surface area contributed by atoms with Gasteiger partial charge in [0, 0.05) is 41.9 Å². The molecule has 2 saturated carbocycles. The van der Waals surface area contributed by atoms with Gasteiger partial charge in [-0.1, -0.05) is 0 Å². The number of nitrogens with one attached hydrogen (secondary N) is 3. The van der Waals surface area contributed by atoms with Gasteiger partial charge in [0.1, 0.15) is 40.2 Å². The number of carbonyl (C=O) groups excluding carboxylic acids is 4. The zero-order valence-electron chi connectivity index (χ0n) is 44.6. The third-order valence-electron chi connectivity index (χ3n) is 13.7. The Morgan fingerprint density at radius 1 is 0.467 bits per heavy atom. The number of rotatable bonds is 35. The first-order valence-electron chi connectivity index (χ1n) is 27.5. The minimum atomic E-state index is -0.379. The zero-order valence-corrected chi connectivity index (χ0v) is 44.6. The summed E-state index contributed by atoms with van der Waals surface area (Å²) < 4.78 is 35.6. The van der Waals surface area contributed by atoms with Gasteiger partial charge in [0.05, 0.1) is 63.4 Å². The highest BCUT2D eigenvalue weighted by molar-refractivity contribution is 6.37. The van der Waals surface area contributed by atoms with Gasteiger partial charge in [-0.15, -0.1) is 0 Å². The van der Waals surface area contributed by atoms with E-state index in [9.17, 15) is 19.2 Å². The van der Waals surface area contributed by atoms with Crippen LogP contribution in [0.2, 0.25) is 0 Å². The first-order chi connectivity index (χ1) is 36.6. The minimum Gasteiger partial charge on any atom is -0.496 e. The molecule has 0 heterocycles. The van der Waals surface area contributed by atoms with Gasteiger partial charge in [-0.3, -0.25) is 24.2 Å². The molecule has 0 aromatic heterocycles. The minimum absolute atomic E-state index is 0.102. The van der Waals surface area contributed by atoms with E-state index in [1.54, 1.807) is 24.3 Å². The molecule has 0 atom stereocenters. The fraction of sp³-hybridized carbons (Fsp3) is 0.596. The van der Waals surface area contributed by atoms with Crippen molar-refractivity contribution in [3.63, 3.8) is 0 Å². The molecule has 75 heavy (non-hydrogen) atoms. The molecular formula is C57H86N8O10. The average molecular weight is 1040 g/mol. The molecule has 18 heteroatoms. The van der Waals surface area contributed by atoms with Gasteiger partial charge in [-0.25, -0.2) is 0 Å². The third-order valence-corrected chi connectivity index (χ3v) is 13.7. The molecule has 3 aromatic rings. The SMILES string of the molecule is COc1cc(OC)c(C(=O)NC2CCC(NC(=O)c3ccc(OCCCCCN)cc3OCCCCCN)CC2)cc1C(=O)NC1CCC(N=C(C=O)c2ccc(OCCCCCN)cc2OCCCCCN)CC1. The Kier molecular flexibility index (Phi) is 27.1. The molecule has 18 nitrogen and oxygen atoms in total. The number of hydrogen-bond acceptors (Lipinski definition) is 15. The lowest BCUT2D eigenvalue weighted by atomic mass is 9.90. The second-order valence-electron chi connectivity index (χ2n) is 19.5. The molecule has 0 aliphatic heterocycles. The maximum Gasteiger partial charge on any atom is 0.255 e. The van der Waals surface area contributed by atoms with Crippen molar-refractivity contribution in [2.45, 2.75) is 153 Å². The van der Waals surface area contributed by atoms with Crippen LogP contribution >= 0.6 is 0 Å². The number of carbonyl (C=O) groups is 4. The fourth-order valence-corrected chi connectivity index (χ4v) is 9.39. The summed E-state index contributed by atoms with van der Waals surface area (Å²) in [7, 11) is 2.94. The number of nitrogens with zero attached hydrogens (tertiary/aromatic N) is 1. The summed E-state index contributed by atoms with van der Waals surface area (Å²) in [6.07, 6.45) is 16.9. The van der Waals surface area contributed by atoms with Crippen molar-refractivity contribution < 1.29 is 47.6 Å². The van der Waals surface area contributed by atoms with E-state index in [1.165, 1.54) is 20.3 Å². The number of aliphatic imine (C=N–C) groups is 1. The lowest BCUT2D eigenvalue weighted by Crippen LogP contribution is -2.44. The number of methoxy groups -OCH3 is 2. The van der Waals surface area contributed by atoms with E-state index in [-0.39, 0.29) is 64.5 Å². The topological polar surface area (TPSA) is 276 Å². The van der Waals surface area contributed by atoms with Crippen molar-refractivity contribution in [2.24, 2.45) is 27.9 Å². The third kappa shape index (κ3) is 19.9. The molecule has 3 aromatic carbocycles. The Morgan fingerprint density at radius 3 is 1.24 bits per heavy atom. The van der Waals surface area contributed by atoms with Crippen LogP contribution in [0, 0.1) is 0 Å². The number of hydrogen-bond donors (Lipinski definition) is 7. The van der Waals surface area contributed by atoms with E-state index in [4.69, 9.17) is 56.3 Å². The Hall–Kier alpha value is -5.95. The Morgan fingerprint density at radius 2 is 0.840 bits per heavy atom. The van der Waals surface area contributed by atoms with Crippen LogP contribution in [0.15, 0.2) is 53.5 Å². The van der Waals surface area contributed by atoms with Crippen LogP contribution in [-0.2, 0) is 4.79 Å². The van der Waals surface area contributed by atoms with Crippen molar-refractivity contribution in [1.29, 1.82) is 0 Å². The summed E-state index contributed by atoms with van der Waals surface area (Å²) in [4.78, 5) is 59.1. The molecule has 5 rings (SSSR count). The highest BCUT2D eigenvalue weighted by Crippen LogP contribution is 2.33. The van der Waals surface area contributed by atoms with E-state index in [1.807, 2.05) is 18.2 Å². The molecule has 11 N–H and O–H groups in total. The molecule has 2 fully saturated rings. The largest absolute Gasteiger partial charge is 0.496 e. The van der Waals surface area contributed by atoms with E-state index >= 15 is 0 Å². The molecular weight excluding hydrogens is 957 g/mol. The average Bonchev–Trinajstić information content (AvgIpc) is 3.43. The lowest BCUT2D eigenvalue weighted by Gasteiger charge is -2.30. The zero-order chi connectivity index (χ0) is 53.6. The first-order valence-corrected chi connectivity index (χ1v) is 27.5. The van der Waals surface area contributed by atoms with Crippen LogP contribution in [0.4, 0.5) is 0 Å². The van der Waals surface area contributed by atoms with Crippen molar-refractivity contribution >= 4 is 29.7 Å². The second kappa shape index (κ2) is 33.9. The first kappa shape index (κ1) is 59.9. The van der Waals surface area contributed by atoms with Crippen LogP contribution in [0.25, 0.3) is 0 Å². The number of unbranched alkanes of at least 4 members (excludes halogenated alkanes) is 8. The standard InChI is InChI=1S/C57H86N8O10/c1-70-51-38-52(71-2)49(57(69)65-43-21-19-41(20-22-43)63-55(67)47-26-24-45(73-32-12-4-8-28-59)36-54(47)75-34-14-6-10-30-61)37-48(51)56(68)64-42-17-15-40(16-18-42)62-50(39-66)46-25-23-44(72-31-11-3-7-27-58)35-53(46)74-33-13-5-9-29-60/h23-26,35-43H,3-22,27-34,58-61H2,1-2H3,(H,63,67)(H,64,68)(H,65,69). The molecule has 0 unspecified atom stereocenters. The normalized spacial score (nSPS) is 17.6. The summed E-state index contributed by atoms with van der Waals surface area (Å²) in [6, 6.07) is 13.3. The van der Waals surface area contributed by atoms with Crippen molar-refractivity contribution in [3.8, 4) is 34.5 Å². The van der Waals surface area contributed by atoms with Crippen molar-refractivity contribution in [2.75, 3.05) is 66.8 Å². The lowest BCUT2D eigenvalue weighted by molar-refractivity contribution is -0.102. The highest BCUT2D eigenvalue weighted by Gasteiger charge is 2.29. The molecule has 0 saturated heterocycles. The van der Waals surface area contributed by atoms with Gasteiger partial charge in [0.25, 0.3) is 17.7 Å². The fourth-order valence-electron chi connectivity index (χ4n) is 9.39. The molecule has 0 bridgehead atoms. The van der Waals surface area contributed by atoms with Crippen LogP contribution < -0.4 is 67.3 Å². The van der Waals surface area contributed by atoms with Gasteiger partial charge < -0.3 is 67.3 Å². The quantitative estimate of drug-likeness (QED) is 0.0179. The Balaban J connectivity index is 1.16. The monoisotopic (exact) mass is 1040 g/mol. The molecule has 414 valence electrons. The van der Waals surface area contributed by atoms with E-state index in [0.717, 1.165) is 83.3 Å². The van der Waals surface area contributed by atoms with Crippen LogP contribution in [0.1, 0.15) is 165 Å². The summed E-state index contributed by atoms with van der Waals surface area (Å²) in [5.41, 5.74) is 24.4. The van der Waals surface area contributed by atoms with Gasteiger partial charge >= 0.3 is 0 Å². The van der Waals surface area contributed by atoms with Gasteiger partial charge in [0.2, 0.25) is 0 Å². The Labute approximate surface area is 444 Å². The summed E-state index contributed by atoms with van der Waals surface area (Å²) in [5.74, 6) is 1.88. The molecule has 0 radical (unpaired) electrons. The molecule has 3 amide bonds. The van der Waals surface area contributed by atoms with Crippen LogP contribution in [0.3, 0.4) is 0 Å². The summed E-state index contributed by atoms with van der Waals surface area (Å²) in [5, 5.41) is 9.49. The molecule has 0 spiro atoms. The molecule has 2 aliphatic carbocycles. The number of benzene rings is 3. The van der Waals surface area contributed by atoms with Crippen LogP contribution in [0.5, 0.6) is 34.5 Å². The number of aldehydes is 1. The number of nitrogens with two attached hydrogens (primary N) is 4. The predicted molar refractivity (Wildman–Crippen MR) is 293 cm³/mol.